The van der Waals surface area contributed by atoms with E-state index in [1.807, 2.05) is 55.4 Å². The molecular formula is C14H34O3. The van der Waals surface area contributed by atoms with Crippen molar-refractivity contribution in [1.29, 1.82) is 0 Å². The van der Waals surface area contributed by atoms with E-state index in [-0.39, 0.29) is 12.0 Å². The first-order valence-electron chi connectivity index (χ1n) is 7.01. The molecule has 3 nitrogen and oxygen atoms in total. The first-order chi connectivity index (χ1) is 8.15. The Hall–Kier alpha value is -0.120. The summed E-state index contributed by atoms with van der Waals surface area (Å²) in [6.45, 7) is 16.0. The van der Waals surface area contributed by atoms with Crippen LogP contribution < -0.4 is 0 Å². The van der Waals surface area contributed by atoms with Gasteiger partial charge in [-0.25, -0.2) is 0 Å². The predicted octanol–water partition coefficient (Wildman–Crippen LogP) is 3.84. The molecule has 1 fully saturated rings. The number of rotatable bonds is 1. The topological polar surface area (TPSA) is 38.7 Å². The molecule has 1 heterocycles. The maximum absolute atomic E-state index is 9.51. The fourth-order valence-electron chi connectivity index (χ4n) is 1.49. The van der Waals surface area contributed by atoms with Crippen LogP contribution in [0.25, 0.3) is 0 Å². The van der Waals surface area contributed by atoms with Gasteiger partial charge in [0, 0.05) is 7.11 Å². The lowest BCUT2D eigenvalue weighted by molar-refractivity contribution is -0.240. The molecule has 1 saturated heterocycles. The van der Waals surface area contributed by atoms with Crippen LogP contribution in [0.4, 0.5) is 0 Å². The molecule has 1 N–H and O–H groups in total. The van der Waals surface area contributed by atoms with Crippen LogP contribution in [0.3, 0.4) is 0 Å². The molecule has 3 heteroatoms. The van der Waals surface area contributed by atoms with E-state index in [1.165, 1.54) is 0 Å². The molecule has 108 valence electrons. The average Bonchev–Trinajstić information content (AvgIpc) is 2.41. The lowest BCUT2D eigenvalue weighted by atomic mass is 9.95. The largest absolute Gasteiger partial charge is 0.388 e. The fraction of sp³-hybridized carbons (Fsp3) is 1.00. The number of aliphatic hydroxyl groups is 1. The Labute approximate surface area is 109 Å². The number of ether oxygens (including phenoxy) is 2. The van der Waals surface area contributed by atoms with Crippen LogP contribution in [0.15, 0.2) is 0 Å². The zero-order valence-corrected chi connectivity index (χ0v) is 13.3. The molecule has 17 heavy (non-hydrogen) atoms. The van der Waals surface area contributed by atoms with Gasteiger partial charge in [0.2, 0.25) is 0 Å². The molecule has 1 aliphatic rings. The van der Waals surface area contributed by atoms with Gasteiger partial charge in [-0.15, -0.1) is 0 Å². The van der Waals surface area contributed by atoms with Gasteiger partial charge in [0.25, 0.3) is 0 Å². The minimum atomic E-state index is -0.476. The third-order valence-electron chi connectivity index (χ3n) is 2.16. The average molecular weight is 250 g/mol. The van der Waals surface area contributed by atoms with Crippen LogP contribution in [0.5, 0.6) is 0 Å². The van der Waals surface area contributed by atoms with Gasteiger partial charge in [-0.05, 0) is 19.3 Å². The maximum atomic E-state index is 9.51. The summed E-state index contributed by atoms with van der Waals surface area (Å²) < 4.78 is 10.3. The second kappa shape index (κ2) is 15.9. The third kappa shape index (κ3) is 9.57. The van der Waals surface area contributed by atoms with Gasteiger partial charge in [-0.2, -0.15) is 0 Å². The quantitative estimate of drug-likeness (QED) is 0.768. The van der Waals surface area contributed by atoms with Crippen molar-refractivity contribution >= 4 is 0 Å². The highest BCUT2D eigenvalue weighted by Crippen LogP contribution is 2.24. The van der Waals surface area contributed by atoms with Gasteiger partial charge >= 0.3 is 0 Å². The zero-order chi connectivity index (χ0) is 14.4. The van der Waals surface area contributed by atoms with Crippen LogP contribution in [-0.4, -0.2) is 30.7 Å². The summed E-state index contributed by atoms with van der Waals surface area (Å²) in [5, 5.41) is 9.51. The van der Waals surface area contributed by atoms with E-state index in [1.54, 1.807) is 7.11 Å². The van der Waals surface area contributed by atoms with Crippen LogP contribution in [0, 0.1) is 5.92 Å². The Bertz CT molecular complexity index is 129. The molecule has 1 rings (SSSR count). The Balaban J connectivity index is -0.000000285. The molecule has 0 spiro atoms. The molecule has 0 aromatic rings. The van der Waals surface area contributed by atoms with Gasteiger partial charge in [0.15, 0.2) is 6.29 Å². The van der Waals surface area contributed by atoms with Crippen molar-refractivity contribution in [3.05, 3.63) is 0 Å². The third-order valence-corrected chi connectivity index (χ3v) is 2.16. The number of methoxy groups -OCH3 is 1. The van der Waals surface area contributed by atoms with Crippen LogP contribution in [-0.2, 0) is 9.47 Å². The van der Waals surface area contributed by atoms with Gasteiger partial charge in [0.05, 0.1) is 6.10 Å². The lowest BCUT2D eigenvalue weighted by Gasteiger charge is -2.35. The minimum Gasteiger partial charge on any atom is -0.388 e. The molecule has 3 unspecified atom stereocenters. The minimum absolute atomic E-state index is 0.193. The first kappa shape index (κ1) is 22.1. The number of hydrogen-bond acceptors (Lipinski definition) is 3. The molecule has 1 aliphatic heterocycles. The zero-order valence-electron chi connectivity index (χ0n) is 13.3. The highest BCUT2D eigenvalue weighted by Gasteiger charge is 2.33. The summed E-state index contributed by atoms with van der Waals surface area (Å²) in [4.78, 5) is 0. The molecule has 0 aromatic heterocycles. The van der Waals surface area contributed by atoms with E-state index in [2.05, 4.69) is 0 Å². The summed E-state index contributed by atoms with van der Waals surface area (Å²) in [5.41, 5.74) is 0. The monoisotopic (exact) mass is 250 g/mol. The van der Waals surface area contributed by atoms with E-state index in [4.69, 9.17) is 9.47 Å². The summed E-state index contributed by atoms with van der Waals surface area (Å²) in [6, 6.07) is 0. The Kier molecular flexibility index (Phi) is 20.6. The van der Waals surface area contributed by atoms with Crippen molar-refractivity contribution in [1.82, 2.24) is 0 Å². The van der Waals surface area contributed by atoms with Crippen molar-refractivity contribution in [3.8, 4) is 0 Å². The SMILES string of the molecule is CC.CC.CC.COC1OC(C)CC(C)[C@H]1O. The summed E-state index contributed by atoms with van der Waals surface area (Å²) in [7, 11) is 1.55. The summed E-state index contributed by atoms with van der Waals surface area (Å²) in [6.07, 6.45) is 0.185. The summed E-state index contributed by atoms with van der Waals surface area (Å²) in [5.74, 6) is 0.267. The molecule has 0 radical (unpaired) electrons. The first-order valence-corrected chi connectivity index (χ1v) is 7.01. The maximum Gasteiger partial charge on any atom is 0.183 e. The Morgan fingerprint density at radius 2 is 1.41 bits per heavy atom. The van der Waals surface area contributed by atoms with Crippen molar-refractivity contribution in [2.24, 2.45) is 5.92 Å². The Morgan fingerprint density at radius 3 is 1.76 bits per heavy atom. The molecular weight excluding hydrogens is 216 g/mol. The van der Waals surface area contributed by atoms with Gasteiger partial charge in [-0.1, -0.05) is 48.5 Å². The van der Waals surface area contributed by atoms with Crippen molar-refractivity contribution in [3.63, 3.8) is 0 Å². The molecule has 0 aromatic carbocycles. The smallest absolute Gasteiger partial charge is 0.183 e. The van der Waals surface area contributed by atoms with Crippen LogP contribution in [0.2, 0.25) is 0 Å². The standard InChI is InChI=1S/C8H16O3.3C2H6/c1-5-4-6(2)11-8(10-3)7(5)9;3*1-2/h5-9H,4H2,1-3H3;3*1-2H3/t5?,6?,7-,8?;;;/m1.../s1. The van der Waals surface area contributed by atoms with Crippen LogP contribution in [0.1, 0.15) is 61.8 Å². The molecule has 4 atom stereocenters. The van der Waals surface area contributed by atoms with Crippen LogP contribution >= 0.6 is 0 Å². The van der Waals surface area contributed by atoms with E-state index < -0.39 is 12.4 Å². The van der Waals surface area contributed by atoms with E-state index in [0.717, 1.165) is 6.42 Å². The van der Waals surface area contributed by atoms with E-state index in [0.29, 0.717) is 0 Å². The van der Waals surface area contributed by atoms with E-state index >= 15 is 0 Å². The van der Waals surface area contributed by atoms with Gasteiger partial charge in [-0.3, -0.25) is 0 Å². The van der Waals surface area contributed by atoms with Crippen molar-refractivity contribution in [2.75, 3.05) is 7.11 Å². The highest BCUT2D eigenvalue weighted by atomic mass is 16.7. The fourth-order valence-corrected chi connectivity index (χ4v) is 1.49. The molecule has 0 bridgehead atoms. The normalized spacial score (nSPS) is 30.7. The Morgan fingerprint density at radius 1 is 1.00 bits per heavy atom. The second-order valence-corrected chi connectivity index (χ2v) is 3.25. The molecule has 0 aliphatic carbocycles. The summed E-state index contributed by atoms with van der Waals surface area (Å²) >= 11 is 0. The van der Waals surface area contributed by atoms with Gasteiger partial charge in [0.1, 0.15) is 6.10 Å². The molecule has 0 saturated carbocycles. The highest BCUT2D eigenvalue weighted by molar-refractivity contribution is 4.76. The number of hydrogen-bond donors (Lipinski definition) is 1. The second-order valence-electron chi connectivity index (χ2n) is 3.25. The predicted molar refractivity (Wildman–Crippen MR) is 75.2 cm³/mol. The van der Waals surface area contributed by atoms with Crippen molar-refractivity contribution in [2.45, 2.75) is 80.3 Å². The number of aliphatic hydroxyl groups excluding tert-OH is 1. The van der Waals surface area contributed by atoms with E-state index in [9.17, 15) is 5.11 Å². The van der Waals surface area contributed by atoms with Gasteiger partial charge < -0.3 is 14.6 Å². The molecule has 0 amide bonds. The van der Waals surface area contributed by atoms with Crippen molar-refractivity contribution < 1.29 is 14.6 Å². The lowest BCUT2D eigenvalue weighted by Crippen LogP contribution is -2.44.